The molecule has 0 bridgehead atoms. The van der Waals surface area contributed by atoms with Gasteiger partial charge in [0.2, 0.25) is 0 Å². The molecule has 0 saturated heterocycles. The summed E-state index contributed by atoms with van der Waals surface area (Å²) >= 11 is 5.90. The van der Waals surface area contributed by atoms with Crippen molar-refractivity contribution in [2.45, 2.75) is 25.8 Å². The Morgan fingerprint density at radius 2 is 2.21 bits per heavy atom. The van der Waals surface area contributed by atoms with E-state index in [1.165, 1.54) is 12.8 Å². The zero-order chi connectivity index (χ0) is 10.1. The van der Waals surface area contributed by atoms with E-state index >= 15 is 0 Å². The van der Waals surface area contributed by atoms with Crippen LogP contribution in [0.25, 0.3) is 0 Å². The van der Waals surface area contributed by atoms with Gasteiger partial charge in [-0.1, -0.05) is 11.6 Å². The van der Waals surface area contributed by atoms with E-state index in [1.807, 2.05) is 18.2 Å². The van der Waals surface area contributed by atoms with E-state index in [4.69, 9.17) is 17.3 Å². The molecule has 1 atom stereocenters. The lowest BCUT2D eigenvalue weighted by Gasteiger charge is -2.16. The van der Waals surface area contributed by atoms with Crippen molar-refractivity contribution in [3.05, 3.63) is 23.2 Å². The largest absolute Gasteiger partial charge is 0.397 e. The summed E-state index contributed by atoms with van der Waals surface area (Å²) in [6.45, 7) is 2.19. The van der Waals surface area contributed by atoms with Crippen molar-refractivity contribution in [2.75, 3.05) is 11.1 Å². The molecular formula is C11H15ClN2. The highest BCUT2D eigenvalue weighted by Crippen LogP contribution is 2.35. The van der Waals surface area contributed by atoms with Gasteiger partial charge < -0.3 is 11.1 Å². The third-order valence-corrected chi connectivity index (χ3v) is 2.96. The van der Waals surface area contributed by atoms with Crippen LogP contribution in [-0.4, -0.2) is 6.04 Å². The van der Waals surface area contributed by atoms with Gasteiger partial charge in [-0.15, -0.1) is 0 Å². The lowest BCUT2D eigenvalue weighted by molar-refractivity contribution is 0.694. The van der Waals surface area contributed by atoms with Gasteiger partial charge in [-0.3, -0.25) is 0 Å². The van der Waals surface area contributed by atoms with E-state index in [1.54, 1.807) is 0 Å². The smallest absolute Gasteiger partial charge is 0.0591 e. The topological polar surface area (TPSA) is 38.0 Å². The predicted molar refractivity (Wildman–Crippen MR) is 61.7 cm³/mol. The molecule has 1 aliphatic rings. The van der Waals surface area contributed by atoms with Crippen molar-refractivity contribution in [1.82, 2.24) is 0 Å². The highest BCUT2D eigenvalue weighted by molar-refractivity contribution is 6.31. The van der Waals surface area contributed by atoms with Gasteiger partial charge in [-0.25, -0.2) is 0 Å². The van der Waals surface area contributed by atoms with Crippen LogP contribution in [0.3, 0.4) is 0 Å². The van der Waals surface area contributed by atoms with Crippen LogP contribution in [0.15, 0.2) is 18.2 Å². The average Bonchev–Trinajstić information content (AvgIpc) is 2.94. The van der Waals surface area contributed by atoms with Crippen molar-refractivity contribution in [3.8, 4) is 0 Å². The molecule has 2 nitrogen and oxygen atoms in total. The maximum absolute atomic E-state index is 5.90. The minimum absolute atomic E-state index is 0.496. The van der Waals surface area contributed by atoms with Crippen molar-refractivity contribution in [2.24, 2.45) is 5.92 Å². The van der Waals surface area contributed by atoms with Gasteiger partial charge in [0.05, 0.1) is 11.4 Å². The molecule has 76 valence electrons. The SMILES string of the molecule is CC(Nc1cc(Cl)ccc1N)C1CC1. The standard InChI is InChI=1S/C11H15ClN2/c1-7(8-2-3-8)14-11-6-9(12)4-5-10(11)13/h4-8,14H,2-3,13H2,1H3. The number of halogens is 1. The van der Waals surface area contributed by atoms with E-state index in [0.717, 1.165) is 22.3 Å². The number of nitrogen functional groups attached to an aromatic ring is 1. The third-order valence-electron chi connectivity index (χ3n) is 2.73. The Morgan fingerprint density at radius 3 is 2.86 bits per heavy atom. The number of hydrogen-bond donors (Lipinski definition) is 2. The van der Waals surface area contributed by atoms with E-state index in [-0.39, 0.29) is 0 Å². The summed E-state index contributed by atoms with van der Waals surface area (Å²) in [4.78, 5) is 0. The molecule has 0 heterocycles. The highest BCUT2D eigenvalue weighted by Gasteiger charge is 2.27. The molecule has 0 amide bonds. The molecule has 2 rings (SSSR count). The van der Waals surface area contributed by atoms with Crippen molar-refractivity contribution >= 4 is 23.0 Å². The Kier molecular flexibility index (Phi) is 2.55. The fourth-order valence-electron chi connectivity index (χ4n) is 1.61. The summed E-state index contributed by atoms with van der Waals surface area (Å²) in [6, 6.07) is 6.03. The molecule has 1 aromatic rings. The Bertz CT molecular complexity index is 334. The molecule has 14 heavy (non-hydrogen) atoms. The molecule has 0 spiro atoms. The van der Waals surface area contributed by atoms with Gasteiger partial charge in [0.25, 0.3) is 0 Å². The minimum atomic E-state index is 0.496. The van der Waals surface area contributed by atoms with E-state index in [2.05, 4.69) is 12.2 Å². The molecule has 1 unspecified atom stereocenters. The monoisotopic (exact) mass is 210 g/mol. The average molecular weight is 211 g/mol. The second-order valence-corrected chi connectivity index (χ2v) is 4.44. The van der Waals surface area contributed by atoms with Gasteiger partial charge in [0.1, 0.15) is 0 Å². The molecule has 0 radical (unpaired) electrons. The van der Waals surface area contributed by atoms with E-state index < -0.39 is 0 Å². The van der Waals surface area contributed by atoms with Gasteiger partial charge in [0, 0.05) is 11.1 Å². The number of hydrogen-bond acceptors (Lipinski definition) is 2. The van der Waals surface area contributed by atoms with Crippen LogP contribution >= 0.6 is 11.6 Å². The minimum Gasteiger partial charge on any atom is -0.397 e. The predicted octanol–water partition coefficient (Wildman–Crippen LogP) is 3.13. The lowest BCUT2D eigenvalue weighted by Crippen LogP contribution is -2.18. The van der Waals surface area contributed by atoms with Crippen LogP contribution in [0, 0.1) is 5.92 Å². The van der Waals surface area contributed by atoms with Gasteiger partial charge in [0.15, 0.2) is 0 Å². The van der Waals surface area contributed by atoms with Gasteiger partial charge >= 0.3 is 0 Å². The normalized spacial score (nSPS) is 17.9. The number of rotatable bonds is 3. The Balaban J connectivity index is 2.10. The van der Waals surface area contributed by atoms with E-state index in [0.29, 0.717) is 6.04 Å². The quantitative estimate of drug-likeness (QED) is 0.753. The zero-order valence-electron chi connectivity index (χ0n) is 8.26. The maximum Gasteiger partial charge on any atom is 0.0591 e. The summed E-state index contributed by atoms with van der Waals surface area (Å²) in [5.41, 5.74) is 7.56. The fraction of sp³-hybridized carbons (Fsp3) is 0.455. The molecule has 3 heteroatoms. The number of nitrogens with one attached hydrogen (secondary N) is 1. The molecule has 1 saturated carbocycles. The first-order valence-electron chi connectivity index (χ1n) is 4.98. The fourth-order valence-corrected chi connectivity index (χ4v) is 1.78. The van der Waals surface area contributed by atoms with Crippen LogP contribution < -0.4 is 11.1 Å². The maximum atomic E-state index is 5.90. The Labute approximate surface area is 89.4 Å². The number of anilines is 2. The molecule has 1 aliphatic carbocycles. The van der Waals surface area contributed by atoms with Crippen LogP contribution in [0.1, 0.15) is 19.8 Å². The van der Waals surface area contributed by atoms with Crippen molar-refractivity contribution in [3.63, 3.8) is 0 Å². The van der Waals surface area contributed by atoms with Crippen LogP contribution in [0.4, 0.5) is 11.4 Å². The number of nitrogens with two attached hydrogens (primary N) is 1. The lowest BCUT2D eigenvalue weighted by atomic mass is 10.2. The molecule has 3 N–H and O–H groups in total. The summed E-state index contributed by atoms with van der Waals surface area (Å²) in [5.74, 6) is 0.813. The molecular weight excluding hydrogens is 196 g/mol. The zero-order valence-corrected chi connectivity index (χ0v) is 9.01. The first kappa shape index (κ1) is 9.66. The van der Waals surface area contributed by atoms with Crippen LogP contribution in [-0.2, 0) is 0 Å². The van der Waals surface area contributed by atoms with E-state index in [9.17, 15) is 0 Å². The summed E-state index contributed by atoms with van der Waals surface area (Å²) < 4.78 is 0. The van der Waals surface area contributed by atoms with Crippen LogP contribution in [0.2, 0.25) is 5.02 Å². The van der Waals surface area contributed by atoms with Crippen molar-refractivity contribution in [1.29, 1.82) is 0 Å². The summed E-state index contributed by atoms with van der Waals surface area (Å²) in [5, 5.41) is 4.13. The molecule has 0 aliphatic heterocycles. The first-order chi connectivity index (χ1) is 6.66. The molecule has 1 aromatic carbocycles. The Morgan fingerprint density at radius 1 is 1.50 bits per heavy atom. The third kappa shape index (κ3) is 2.13. The molecule has 1 fully saturated rings. The Hall–Kier alpha value is -0.890. The second kappa shape index (κ2) is 3.70. The summed E-state index contributed by atoms with van der Waals surface area (Å²) in [6.07, 6.45) is 2.66. The van der Waals surface area contributed by atoms with Crippen molar-refractivity contribution < 1.29 is 0 Å². The molecule has 0 aromatic heterocycles. The van der Waals surface area contributed by atoms with Crippen LogP contribution in [0.5, 0.6) is 0 Å². The number of benzene rings is 1. The summed E-state index contributed by atoms with van der Waals surface area (Å²) in [7, 11) is 0. The van der Waals surface area contributed by atoms with Gasteiger partial charge in [-0.2, -0.15) is 0 Å². The second-order valence-electron chi connectivity index (χ2n) is 4.00. The highest BCUT2D eigenvalue weighted by atomic mass is 35.5. The van der Waals surface area contributed by atoms with Gasteiger partial charge in [-0.05, 0) is 43.9 Å². The first-order valence-corrected chi connectivity index (χ1v) is 5.36.